The molecular formula is C34H34N8O16S2. The van der Waals surface area contributed by atoms with Crippen LogP contribution < -0.4 is 22.1 Å². The van der Waals surface area contributed by atoms with Crippen molar-refractivity contribution in [3.05, 3.63) is 70.9 Å². The van der Waals surface area contributed by atoms with Gasteiger partial charge in [-0.15, -0.1) is 23.5 Å². The van der Waals surface area contributed by atoms with E-state index in [1.807, 2.05) is 0 Å². The Morgan fingerprint density at radius 3 is 1.48 bits per heavy atom. The number of oxime groups is 2. The topological polar surface area (TPSA) is 326 Å². The molecule has 0 saturated carbocycles. The second kappa shape index (κ2) is 18.3. The third kappa shape index (κ3) is 8.72. The summed E-state index contributed by atoms with van der Waals surface area (Å²) in [5.41, 5.74) is 9.21. The maximum atomic E-state index is 13.8. The number of primary amides is 2. The summed E-state index contributed by atoms with van der Waals surface area (Å²) in [6.07, 6.45) is -1.45. The number of carbonyl (C=O) groups is 8. The molecule has 24 nitrogen and oxygen atoms in total. The van der Waals surface area contributed by atoms with Gasteiger partial charge in [0, 0.05) is 29.6 Å². The fraction of sp³-hybridized carbons (Fsp3) is 0.353. The zero-order valence-electron chi connectivity index (χ0n) is 31.5. The minimum atomic E-state index is -1.70. The molecule has 6 N–H and O–H groups in total. The summed E-state index contributed by atoms with van der Waals surface area (Å²) in [6, 6.07) is 3.58. The molecule has 60 heavy (non-hydrogen) atoms. The van der Waals surface area contributed by atoms with Crippen LogP contribution in [-0.4, -0.2) is 137 Å². The van der Waals surface area contributed by atoms with Crippen molar-refractivity contribution in [3.63, 3.8) is 0 Å². The van der Waals surface area contributed by atoms with Crippen molar-refractivity contribution in [3.8, 4) is 0 Å². The number of β-lactam (4-membered cyclic amide) rings is 2. The van der Waals surface area contributed by atoms with E-state index in [0.717, 1.165) is 33.3 Å². The van der Waals surface area contributed by atoms with Crippen molar-refractivity contribution >= 4 is 82.7 Å². The minimum absolute atomic E-state index is 0.00578. The van der Waals surface area contributed by atoms with Crippen LogP contribution in [0.5, 0.6) is 0 Å². The number of fused-ring (bicyclic) bond motifs is 2. The summed E-state index contributed by atoms with van der Waals surface area (Å²) in [7, 11) is 2.42. The molecule has 0 radical (unpaired) electrons. The molecule has 318 valence electrons. The molecular weight excluding hydrogens is 841 g/mol. The fourth-order valence-corrected chi connectivity index (χ4v) is 8.80. The van der Waals surface area contributed by atoms with Gasteiger partial charge in [0.25, 0.3) is 23.6 Å². The van der Waals surface area contributed by atoms with Gasteiger partial charge in [-0.3, -0.25) is 29.0 Å². The number of amides is 6. The molecule has 0 bridgehead atoms. The molecule has 0 aliphatic carbocycles. The number of ether oxygens (including phenoxy) is 4. The first kappa shape index (κ1) is 42.6. The van der Waals surface area contributed by atoms with Crippen molar-refractivity contribution in [1.82, 2.24) is 20.4 Å². The fourth-order valence-electron chi connectivity index (χ4n) is 6.14. The standard InChI is InChI=1S/C34H34N8O16S2/c1-14(57-31(47)23-15(10-55-33(35)49)12-59-29-21(27(45)41(23)29)37-25(43)19(39-51-2)17-6-4-8-53-17)58-32(48)24-16(11-56-34(36)50)13-60-30-22(28(46)42(24)30)38-26(44)20(40-52-3)18-7-5-9-54-18/h4-9,14,21-22,29-30H,10-13H2,1-3H3,(H2,35,49)(H2,36,50)(H,37,43)(H,38,44)/b39-19-,40-20-/t21-,22-,29-,30-/m1/s1. The van der Waals surface area contributed by atoms with Gasteiger partial charge < -0.3 is 59.6 Å². The second-order valence-corrected chi connectivity index (χ2v) is 14.6. The number of rotatable bonds is 16. The van der Waals surface area contributed by atoms with Crippen LogP contribution in [0.15, 0.2) is 78.5 Å². The quantitative estimate of drug-likeness (QED) is 0.0401. The highest BCUT2D eigenvalue weighted by atomic mass is 32.2. The average Bonchev–Trinajstić information content (AvgIpc) is 3.96. The van der Waals surface area contributed by atoms with Crippen molar-refractivity contribution in [2.24, 2.45) is 21.8 Å². The number of nitrogens with one attached hydrogen (secondary N) is 2. The lowest BCUT2D eigenvalue weighted by Crippen LogP contribution is -2.71. The summed E-state index contributed by atoms with van der Waals surface area (Å²) >= 11 is 2.24. The number of thioether (sulfide) groups is 2. The zero-order chi connectivity index (χ0) is 43.2. The van der Waals surface area contributed by atoms with Crippen LogP contribution >= 0.6 is 23.5 Å². The van der Waals surface area contributed by atoms with Gasteiger partial charge in [-0.25, -0.2) is 19.2 Å². The molecule has 0 unspecified atom stereocenters. The first-order valence-electron chi connectivity index (χ1n) is 17.3. The van der Waals surface area contributed by atoms with Gasteiger partial charge in [-0.2, -0.15) is 0 Å². The van der Waals surface area contributed by atoms with E-state index in [4.69, 9.17) is 48.9 Å². The summed E-state index contributed by atoms with van der Waals surface area (Å²) < 4.78 is 31.2. The lowest BCUT2D eigenvalue weighted by molar-refractivity contribution is -0.184. The van der Waals surface area contributed by atoms with Gasteiger partial charge in [0.1, 0.15) is 61.7 Å². The smallest absolute Gasteiger partial charge is 0.404 e. The van der Waals surface area contributed by atoms with Gasteiger partial charge in [0.05, 0.1) is 12.5 Å². The predicted molar refractivity (Wildman–Crippen MR) is 201 cm³/mol. The number of carbonyl (C=O) groups excluding carboxylic acids is 8. The van der Waals surface area contributed by atoms with Gasteiger partial charge in [-0.1, -0.05) is 10.3 Å². The van der Waals surface area contributed by atoms with E-state index in [-0.39, 0.29) is 57.0 Å². The van der Waals surface area contributed by atoms with Crippen LogP contribution in [0.2, 0.25) is 0 Å². The van der Waals surface area contributed by atoms with Gasteiger partial charge >= 0.3 is 24.1 Å². The summed E-state index contributed by atoms with van der Waals surface area (Å²) in [5, 5.41) is 10.7. The van der Waals surface area contributed by atoms with Crippen molar-refractivity contribution in [2.75, 3.05) is 38.9 Å². The normalized spacial score (nSPS) is 21.2. The number of hydrogen-bond acceptors (Lipinski definition) is 20. The molecule has 2 fully saturated rings. The Morgan fingerprint density at radius 1 is 0.750 bits per heavy atom. The monoisotopic (exact) mass is 874 g/mol. The molecule has 2 aromatic heterocycles. The Morgan fingerprint density at radius 2 is 1.15 bits per heavy atom. The number of nitrogens with two attached hydrogens (primary N) is 2. The van der Waals surface area contributed by atoms with Gasteiger partial charge in [0.2, 0.25) is 17.7 Å². The van der Waals surface area contributed by atoms with Crippen LogP contribution in [0.4, 0.5) is 9.59 Å². The molecule has 4 aliphatic heterocycles. The minimum Gasteiger partial charge on any atom is -0.462 e. The number of esters is 2. The van der Waals surface area contributed by atoms with E-state index >= 15 is 0 Å². The third-order valence-electron chi connectivity index (χ3n) is 8.68. The van der Waals surface area contributed by atoms with E-state index in [0.29, 0.717) is 0 Å². The summed E-state index contributed by atoms with van der Waals surface area (Å²) in [4.78, 5) is 115. The Bertz CT molecular complexity index is 2050. The molecule has 26 heteroatoms. The first-order chi connectivity index (χ1) is 28.7. The second-order valence-electron chi connectivity index (χ2n) is 12.4. The van der Waals surface area contributed by atoms with Crippen molar-refractivity contribution < 1.29 is 75.8 Å². The van der Waals surface area contributed by atoms with Gasteiger partial charge in [-0.05, 0) is 24.3 Å². The molecule has 0 spiro atoms. The largest absolute Gasteiger partial charge is 0.462 e. The molecule has 6 heterocycles. The number of nitrogens with zero attached hydrogens (tertiary/aromatic N) is 4. The van der Waals surface area contributed by atoms with Crippen molar-refractivity contribution in [1.29, 1.82) is 0 Å². The SMILES string of the molecule is CO/N=C(\C(=O)N[C@@H]1C(=O)N2C(C(=O)OC(C)OC(=O)C3=C(COC(N)=O)CS[C@@H]4[C@H](NC(=O)/C(=N\OC)c5ccco5)C(=O)N34)=C(COC(N)=O)CS[C@H]12)c1ccco1. The predicted octanol–water partition coefficient (Wildman–Crippen LogP) is -0.795. The summed E-state index contributed by atoms with van der Waals surface area (Å²) in [5.74, 6) is -5.48. The first-order valence-corrected chi connectivity index (χ1v) is 19.4. The highest BCUT2D eigenvalue weighted by Crippen LogP contribution is 2.42. The Balaban J connectivity index is 1.17. The van der Waals surface area contributed by atoms with Crippen LogP contribution in [0.25, 0.3) is 0 Å². The van der Waals surface area contributed by atoms with Crippen LogP contribution in [0, 0.1) is 0 Å². The lowest BCUT2D eigenvalue weighted by Gasteiger charge is -2.50. The van der Waals surface area contributed by atoms with Crippen LogP contribution in [0.1, 0.15) is 18.4 Å². The van der Waals surface area contributed by atoms with Crippen LogP contribution in [-0.2, 0) is 57.4 Å². The highest BCUT2D eigenvalue weighted by Gasteiger charge is 2.56. The van der Waals surface area contributed by atoms with E-state index in [1.54, 1.807) is 0 Å². The third-order valence-corrected chi connectivity index (χ3v) is 11.4. The zero-order valence-corrected chi connectivity index (χ0v) is 33.1. The van der Waals surface area contributed by atoms with E-state index in [2.05, 4.69) is 20.9 Å². The Kier molecular flexibility index (Phi) is 13.0. The van der Waals surface area contributed by atoms with Gasteiger partial charge in [0.15, 0.2) is 11.5 Å². The average molecular weight is 875 g/mol. The molecule has 4 aliphatic rings. The highest BCUT2D eigenvalue weighted by molar-refractivity contribution is 8.00. The Hall–Kier alpha value is -6.96. The van der Waals surface area contributed by atoms with E-state index in [9.17, 15) is 38.4 Å². The molecule has 0 aromatic carbocycles. The number of furan rings is 2. The number of hydrogen-bond donors (Lipinski definition) is 4. The molecule has 6 rings (SSSR count). The van der Waals surface area contributed by atoms with E-state index < -0.39 is 90.1 Å². The molecule has 2 saturated heterocycles. The lowest BCUT2D eigenvalue weighted by atomic mass is 10.0. The molecule has 4 atom stereocenters. The molecule has 6 amide bonds. The van der Waals surface area contributed by atoms with E-state index in [1.165, 1.54) is 57.9 Å². The molecule has 2 aromatic rings. The summed E-state index contributed by atoms with van der Waals surface area (Å²) in [6.45, 7) is 0.114. The maximum Gasteiger partial charge on any atom is 0.404 e. The Labute approximate surface area is 345 Å². The maximum absolute atomic E-state index is 13.8. The van der Waals surface area contributed by atoms with Crippen LogP contribution in [0.3, 0.4) is 0 Å². The van der Waals surface area contributed by atoms with Crippen molar-refractivity contribution in [2.45, 2.75) is 36.0 Å².